The van der Waals surface area contributed by atoms with Gasteiger partial charge in [-0.3, -0.25) is 0 Å². The summed E-state index contributed by atoms with van der Waals surface area (Å²) in [5, 5.41) is 1.32. The van der Waals surface area contributed by atoms with E-state index in [1.807, 2.05) is 0 Å². The number of thiophene rings is 1. The summed E-state index contributed by atoms with van der Waals surface area (Å²) in [7, 11) is -2.77. The number of piperazine rings is 1. The lowest BCUT2D eigenvalue weighted by atomic mass is 10.2. The molecule has 0 N–H and O–H groups in total. The number of hydrogen-bond donors (Lipinski definition) is 0. The van der Waals surface area contributed by atoms with Crippen LogP contribution >= 0.6 is 22.9 Å². The molecule has 1 fully saturated rings. The lowest BCUT2D eigenvalue weighted by molar-refractivity contribution is -0.137. The number of esters is 1. The van der Waals surface area contributed by atoms with Crippen LogP contribution < -0.4 is 4.90 Å². The molecule has 2 aromatic rings. The van der Waals surface area contributed by atoms with Gasteiger partial charge in [-0.15, -0.1) is 11.3 Å². The number of ether oxygens (including phenoxy) is 1. The molecule has 1 saturated heterocycles. The summed E-state index contributed by atoms with van der Waals surface area (Å²) in [6.07, 6.45) is -3.86. The van der Waals surface area contributed by atoms with Crippen molar-refractivity contribution in [3.8, 4) is 0 Å². The third-order valence-corrected chi connectivity index (χ3v) is 7.55. The third-order valence-electron chi connectivity index (χ3n) is 4.30. The average Bonchev–Trinajstić information content (AvgIpc) is 3.17. The van der Waals surface area contributed by atoms with Gasteiger partial charge in [-0.25, -0.2) is 18.2 Å². The maximum Gasteiger partial charge on any atom is 0.417 e. The fourth-order valence-electron chi connectivity index (χ4n) is 2.84. The minimum absolute atomic E-state index is 0.0117. The highest BCUT2D eigenvalue weighted by molar-refractivity contribution is 7.89. The number of methoxy groups -OCH3 is 1. The maximum atomic E-state index is 12.9. The van der Waals surface area contributed by atoms with Crippen molar-refractivity contribution < 1.29 is 31.1 Å². The van der Waals surface area contributed by atoms with Crippen molar-refractivity contribution in [1.82, 2.24) is 9.29 Å². The number of hydrogen-bond acceptors (Lipinski definition) is 7. The van der Waals surface area contributed by atoms with Crippen LogP contribution in [0, 0.1) is 0 Å². The van der Waals surface area contributed by atoms with E-state index in [0.29, 0.717) is 6.20 Å². The second-order valence-corrected chi connectivity index (χ2v) is 9.25. The minimum atomic E-state index is -4.56. The lowest BCUT2D eigenvalue weighted by Gasteiger charge is -2.35. The van der Waals surface area contributed by atoms with Gasteiger partial charge in [0.1, 0.15) is 15.6 Å². The van der Waals surface area contributed by atoms with Crippen LogP contribution in [0.5, 0.6) is 0 Å². The summed E-state index contributed by atoms with van der Waals surface area (Å²) in [6.45, 7) is 0.458. The Hall–Kier alpha value is -1.89. The molecule has 0 spiro atoms. The van der Waals surface area contributed by atoms with E-state index in [-0.39, 0.29) is 46.8 Å². The van der Waals surface area contributed by atoms with E-state index < -0.39 is 27.7 Å². The molecular weight excluding hydrogens is 455 g/mol. The molecule has 0 amide bonds. The number of aromatic nitrogens is 1. The molecule has 0 saturated carbocycles. The Labute approximate surface area is 173 Å². The molecule has 0 aliphatic carbocycles. The van der Waals surface area contributed by atoms with E-state index >= 15 is 0 Å². The Morgan fingerprint density at radius 3 is 2.48 bits per heavy atom. The molecule has 0 aromatic carbocycles. The number of nitrogens with zero attached hydrogens (tertiary/aromatic N) is 3. The summed E-state index contributed by atoms with van der Waals surface area (Å²) < 4.78 is 69.9. The van der Waals surface area contributed by atoms with E-state index in [1.54, 1.807) is 4.90 Å². The second-order valence-electron chi connectivity index (χ2n) is 6.02. The second kappa shape index (κ2) is 8.09. The van der Waals surface area contributed by atoms with Gasteiger partial charge < -0.3 is 9.64 Å². The standard InChI is InChI=1S/C16H15ClF3N3O4S2/c1-27-15(24)13-12(2-7-28-13)29(25,26)23-5-3-22(4-6-23)14-11(17)8-10(9-21-14)16(18,19)20/h2,7-9H,3-6H2,1H3. The Balaban J connectivity index is 1.76. The van der Waals surface area contributed by atoms with Crippen molar-refractivity contribution in [3.05, 3.63) is 39.2 Å². The number of carbonyl (C=O) groups excluding carboxylic acids is 1. The van der Waals surface area contributed by atoms with E-state index in [4.69, 9.17) is 11.6 Å². The van der Waals surface area contributed by atoms with Crippen LogP contribution in [0.1, 0.15) is 15.2 Å². The molecule has 13 heteroatoms. The Bertz CT molecular complexity index is 1020. The van der Waals surface area contributed by atoms with Crippen molar-refractivity contribution in [1.29, 1.82) is 0 Å². The minimum Gasteiger partial charge on any atom is -0.465 e. The maximum absolute atomic E-state index is 12.9. The summed E-state index contributed by atoms with van der Waals surface area (Å²) in [5.41, 5.74) is -0.958. The van der Waals surface area contributed by atoms with E-state index in [1.165, 1.54) is 15.8 Å². The molecule has 3 heterocycles. The molecule has 1 aliphatic rings. The molecule has 0 bridgehead atoms. The van der Waals surface area contributed by atoms with E-state index in [2.05, 4.69) is 9.72 Å². The highest BCUT2D eigenvalue weighted by atomic mass is 35.5. The van der Waals surface area contributed by atoms with Gasteiger partial charge >= 0.3 is 12.1 Å². The number of sulfonamides is 1. The molecule has 7 nitrogen and oxygen atoms in total. The first-order valence-corrected chi connectivity index (χ1v) is 10.9. The van der Waals surface area contributed by atoms with E-state index in [9.17, 15) is 26.4 Å². The zero-order valence-electron chi connectivity index (χ0n) is 14.9. The smallest absolute Gasteiger partial charge is 0.417 e. The third kappa shape index (κ3) is 4.34. The quantitative estimate of drug-likeness (QED) is 0.640. The van der Waals surface area contributed by atoms with Gasteiger partial charge in [-0.05, 0) is 17.5 Å². The fourth-order valence-corrected chi connectivity index (χ4v) is 5.86. The van der Waals surface area contributed by atoms with Crippen LogP contribution in [0.15, 0.2) is 28.6 Å². The van der Waals surface area contributed by atoms with Crippen LogP contribution in [0.3, 0.4) is 0 Å². The van der Waals surface area contributed by atoms with Crippen molar-refractivity contribution in [3.63, 3.8) is 0 Å². The van der Waals surface area contributed by atoms with Crippen LogP contribution in [-0.2, 0) is 20.9 Å². The number of carbonyl (C=O) groups is 1. The highest BCUT2D eigenvalue weighted by Gasteiger charge is 2.35. The number of pyridine rings is 1. The van der Waals surface area contributed by atoms with Crippen molar-refractivity contribution in [2.75, 3.05) is 38.2 Å². The fraction of sp³-hybridized carbons (Fsp3) is 0.375. The zero-order chi connectivity index (χ0) is 21.4. The normalized spacial score (nSPS) is 16.1. The van der Waals surface area contributed by atoms with Gasteiger partial charge in [0.25, 0.3) is 0 Å². The first-order chi connectivity index (χ1) is 13.6. The van der Waals surface area contributed by atoms with Crippen LogP contribution in [0.4, 0.5) is 19.0 Å². The summed E-state index contributed by atoms with van der Waals surface area (Å²) >= 11 is 6.93. The van der Waals surface area contributed by atoms with Crippen molar-refractivity contribution in [2.24, 2.45) is 0 Å². The summed E-state index contributed by atoms with van der Waals surface area (Å²) in [6, 6.07) is 2.13. The Morgan fingerprint density at radius 2 is 1.93 bits per heavy atom. The van der Waals surface area contributed by atoms with Gasteiger partial charge in [-0.2, -0.15) is 17.5 Å². The topological polar surface area (TPSA) is 79.8 Å². The van der Waals surface area contributed by atoms with Gasteiger partial charge in [-0.1, -0.05) is 11.6 Å². The van der Waals surface area contributed by atoms with Gasteiger partial charge in [0.2, 0.25) is 10.0 Å². The predicted molar refractivity (Wildman–Crippen MR) is 101 cm³/mol. The van der Waals surface area contributed by atoms with Gasteiger partial charge in [0.05, 0.1) is 17.7 Å². The SMILES string of the molecule is COC(=O)c1sccc1S(=O)(=O)N1CCN(c2ncc(C(F)(F)F)cc2Cl)CC1. The molecule has 0 unspecified atom stereocenters. The van der Waals surface area contributed by atoms with Crippen LogP contribution in [-0.4, -0.2) is 57.0 Å². The predicted octanol–water partition coefficient (Wildman–Crippen LogP) is 3.11. The number of alkyl halides is 3. The molecule has 0 atom stereocenters. The van der Waals surface area contributed by atoms with Crippen LogP contribution in [0.2, 0.25) is 5.02 Å². The molecule has 1 aliphatic heterocycles. The number of rotatable bonds is 4. The largest absolute Gasteiger partial charge is 0.465 e. The average molecular weight is 470 g/mol. The summed E-state index contributed by atoms with van der Waals surface area (Å²) in [5.74, 6) is -0.583. The molecule has 3 rings (SSSR count). The van der Waals surface area contributed by atoms with Gasteiger partial charge in [0, 0.05) is 32.4 Å². The van der Waals surface area contributed by atoms with Crippen LogP contribution in [0.25, 0.3) is 0 Å². The molecule has 2 aromatic heterocycles. The Kier molecular flexibility index (Phi) is 6.08. The first kappa shape index (κ1) is 21.8. The molecular formula is C16H15ClF3N3O4S2. The molecule has 158 valence electrons. The zero-order valence-corrected chi connectivity index (χ0v) is 17.3. The van der Waals surface area contributed by atoms with Crippen molar-refractivity contribution in [2.45, 2.75) is 11.1 Å². The van der Waals surface area contributed by atoms with Crippen molar-refractivity contribution >= 4 is 44.7 Å². The summed E-state index contributed by atoms with van der Waals surface area (Å²) in [4.78, 5) is 17.1. The first-order valence-electron chi connectivity index (χ1n) is 8.19. The van der Waals surface area contributed by atoms with E-state index in [0.717, 1.165) is 24.5 Å². The lowest BCUT2D eigenvalue weighted by Crippen LogP contribution is -2.49. The highest BCUT2D eigenvalue weighted by Crippen LogP contribution is 2.34. The molecule has 29 heavy (non-hydrogen) atoms. The number of anilines is 1. The number of halogens is 4. The Morgan fingerprint density at radius 1 is 1.28 bits per heavy atom. The van der Waals surface area contributed by atoms with Gasteiger partial charge in [0.15, 0.2) is 0 Å². The molecule has 0 radical (unpaired) electrons. The monoisotopic (exact) mass is 469 g/mol.